The molecule has 0 fully saturated rings. The number of hydrogen-bond donors (Lipinski definition) is 1. The van der Waals surface area contributed by atoms with E-state index in [9.17, 15) is 4.79 Å². The molecular formula is C25H38N4O. The number of rotatable bonds is 8. The SMILES string of the molecule is Cc1nn(CC(C)C)c(C)c1CCC(=O)NCC(C)(C)N1CCc2ccccc2C1. The number of fused-ring (bicyclic) bond motifs is 1. The lowest BCUT2D eigenvalue weighted by Gasteiger charge is -2.41. The third-order valence-electron chi connectivity index (χ3n) is 6.38. The summed E-state index contributed by atoms with van der Waals surface area (Å²) in [7, 11) is 0. The van der Waals surface area contributed by atoms with E-state index in [0.29, 0.717) is 18.9 Å². The van der Waals surface area contributed by atoms with E-state index >= 15 is 0 Å². The highest BCUT2D eigenvalue weighted by Crippen LogP contribution is 2.25. The molecule has 1 amide bonds. The Kier molecular flexibility index (Phi) is 7.02. The Bertz CT molecular complexity index is 881. The van der Waals surface area contributed by atoms with Crippen LogP contribution in [0.5, 0.6) is 0 Å². The van der Waals surface area contributed by atoms with Gasteiger partial charge in [-0.25, -0.2) is 0 Å². The minimum absolute atomic E-state index is 0.0722. The van der Waals surface area contributed by atoms with Crippen molar-refractivity contribution in [3.05, 3.63) is 52.3 Å². The van der Waals surface area contributed by atoms with Gasteiger partial charge in [0.1, 0.15) is 0 Å². The first-order valence-corrected chi connectivity index (χ1v) is 11.3. The zero-order valence-corrected chi connectivity index (χ0v) is 19.6. The standard InChI is InChI=1S/C25H38N4O/c1-18(2)15-29-20(4)23(19(3)27-29)11-12-24(30)26-17-25(5,6)28-14-13-21-9-7-8-10-22(21)16-28/h7-10,18H,11-17H2,1-6H3,(H,26,30). The largest absolute Gasteiger partial charge is 0.354 e. The molecule has 1 aromatic carbocycles. The number of nitrogens with one attached hydrogen (secondary N) is 1. The maximum atomic E-state index is 12.6. The van der Waals surface area contributed by atoms with E-state index in [4.69, 9.17) is 0 Å². The van der Waals surface area contributed by atoms with Gasteiger partial charge in [-0.15, -0.1) is 0 Å². The van der Waals surface area contributed by atoms with Crippen molar-refractivity contribution in [1.29, 1.82) is 0 Å². The van der Waals surface area contributed by atoms with Gasteiger partial charge in [0, 0.05) is 43.8 Å². The van der Waals surface area contributed by atoms with Gasteiger partial charge in [0.25, 0.3) is 0 Å². The predicted molar refractivity (Wildman–Crippen MR) is 123 cm³/mol. The topological polar surface area (TPSA) is 50.2 Å². The zero-order valence-electron chi connectivity index (χ0n) is 19.6. The number of carbonyl (C=O) groups is 1. The Hall–Kier alpha value is -2.14. The Labute approximate surface area is 181 Å². The summed E-state index contributed by atoms with van der Waals surface area (Å²) in [4.78, 5) is 15.1. The fourth-order valence-corrected chi connectivity index (χ4v) is 4.39. The first-order valence-electron chi connectivity index (χ1n) is 11.3. The van der Waals surface area contributed by atoms with Crippen LogP contribution < -0.4 is 5.32 Å². The number of hydrogen-bond acceptors (Lipinski definition) is 3. The maximum absolute atomic E-state index is 12.6. The van der Waals surface area contributed by atoms with Crippen molar-refractivity contribution in [3.63, 3.8) is 0 Å². The van der Waals surface area contributed by atoms with Crippen LogP contribution in [0.3, 0.4) is 0 Å². The molecule has 164 valence electrons. The molecule has 3 rings (SSSR count). The minimum atomic E-state index is -0.0722. The molecule has 1 aliphatic heterocycles. The van der Waals surface area contributed by atoms with Gasteiger partial charge < -0.3 is 5.32 Å². The first kappa shape index (κ1) is 22.5. The van der Waals surface area contributed by atoms with Gasteiger partial charge in [-0.1, -0.05) is 38.1 Å². The van der Waals surface area contributed by atoms with Gasteiger partial charge in [0.15, 0.2) is 0 Å². The van der Waals surface area contributed by atoms with Crippen LogP contribution >= 0.6 is 0 Å². The van der Waals surface area contributed by atoms with Crippen molar-refractivity contribution in [2.45, 2.75) is 79.4 Å². The fraction of sp³-hybridized carbons (Fsp3) is 0.600. The molecule has 0 aliphatic carbocycles. The number of benzene rings is 1. The third-order valence-corrected chi connectivity index (χ3v) is 6.38. The van der Waals surface area contributed by atoms with E-state index in [2.05, 4.69) is 78.9 Å². The van der Waals surface area contributed by atoms with E-state index in [1.165, 1.54) is 22.4 Å². The Morgan fingerprint density at radius 3 is 2.60 bits per heavy atom. The molecular weight excluding hydrogens is 372 g/mol. The maximum Gasteiger partial charge on any atom is 0.220 e. The van der Waals surface area contributed by atoms with Crippen molar-refractivity contribution in [2.24, 2.45) is 5.92 Å². The highest BCUT2D eigenvalue weighted by Gasteiger charge is 2.30. The van der Waals surface area contributed by atoms with Crippen LogP contribution in [0.4, 0.5) is 0 Å². The van der Waals surface area contributed by atoms with Crippen LogP contribution in [0.15, 0.2) is 24.3 Å². The summed E-state index contributed by atoms with van der Waals surface area (Å²) in [5, 5.41) is 7.86. The normalized spacial score (nSPS) is 14.8. The molecule has 1 N–H and O–H groups in total. The van der Waals surface area contributed by atoms with Gasteiger partial charge in [0.2, 0.25) is 5.91 Å². The molecule has 5 nitrogen and oxygen atoms in total. The van der Waals surface area contributed by atoms with Crippen LogP contribution in [0.25, 0.3) is 0 Å². The molecule has 1 aliphatic rings. The van der Waals surface area contributed by atoms with Crippen LogP contribution in [0.2, 0.25) is 0 Å². The number of amides is 1. The highest BCUT2D eigenvalue weighted by atomic mass is 16.1. The average Bonchev–Trinajstić information content (AvgIpc) is 2.96. The lowest BCUT2D eigenvalue weighted by Crippen LogP contribution is -2.53. The van der Waals surface area contributed by atoms with Crippen molar-refractivity contribution in [1.82, 2.24) is 20.0 Å². The highest BCUT2D eigenvalue weighted by molar-refractivity contribution is 5.76. The summed E-state index contributed by atoms with van der Waals surface area (Å²) >= 11 is 0. The number of aromatic nitrogens is 2. The average molecular weight is 411 g/mol. The first-order chi connectivity index (χ1) is 14.2. The van der Waals surface area contributed by atoms with Crippen LogP contribution in [0.1, 0.15) is 62.2 Å². The second-order valence-corrected chi connectivity index (χ2v) is 9.75. The fourth-order valence-electron chi connectivity index (χ4n) is 4.39. The van der Waals surface area contributed by atoms with Crippen LogP contribution in [0, 0.1) is 19.8 Å². The Morgan fingerprint density at radius 1 is 1.20 bits per heavy atom. The molecule has 0 saturated carbocycles. The van der Waals surface area contributed by atoms with Crippen molar-refractivity contribution < 1.29 is 4.79 Å². The van der Waals surface area contributed by atoms with Gasteiger partial charge in [0.05, 0.1) is 5.69 Å². The van der Waals surface area contributed by atoms with E-state index in [-0.39, 0.29) is 11.4 Å². The van der Waals surface area contributed by atoms with Crippen molar-refractivity contribution in [2.75, 3.05) is 13.1 Å². The monoisotopic (exact) mass is 410 g/mol. The second-order valence-electron chi connectivity index (χ2n) is 9.75. The molecule has 2 aromatic rings. The van der Waals surface area contributed by atoms with Crippen LogP contribution in [-0.2, 0) is 30.7 Å². The van der Waals surface area contributed by atoms with Crippen molar-refractivity contribution in [3.8, 4) is 0 Å². The minimum Gasteiger partial charge on any atom is -0.354 e. The molecule has 0 radical (unpaired) electrons. The van der Waals surface area contributed by atoms with Gasteiger partial charge in [-0.2, -0.15) is 5.10 Å². The summed E-state index contributed by atoms with van der Waals surface area (Å²) in [6, 6.07) is 8.69. The Balaban J connectivity index is 1.52. The van der Waals surface area contributed by atoms with E-state index in [0.717, 1.165) is 38.2 Å². The molecule has 0 atom stereocenters. The predicted octanol–water partition coefficient (Wildman–Crippen LogP) is 4.04. The third kappa shape index (κ3) is 5.31. The Morgan fingerprint density at radius 2 is 1.90 bits per heavy atom. The van der Waals surface area contributed by atoms with E-state index in [1.54, 1.807) is 0 Å². The van der Waals surface area contributed by atoms with Gasteiger partial charge in [-0.05, 0) is 63.1 Å². The second kappa shape index (κ2) is 9.34. The molecule has 0 spiro atoms. The lowest BCUT2D eigenvalue weighted by molar-refractivity contribution is -0.121. The van der Waals surface area contributed by atoms with Crippen molar-refractivity contribution >= 4 is 5.91 Å². The molecule has 0 bridgehead atoms. The van der Waals surface area contributed by atoms with Gasteiger partial charge >= 0.3 is 0 Å². The number of carbonyl (C=O) groups excluding carboxylic acids is 1. The van der Waals surface area contributed by atoms with E-state index in [1.807, 2.05) is 6.92 Å². The molecule has 5 heteroatoms. The molecule has 2 heterocycles. The molecule has 30 heavy (non-hydrogen) atoms. The smallest absolute Gasteiger partial charge is 0.220 e. The lowest BCUT2D eigenvalue weighted by atomic mass is 9.94. The summed E-state index contributed by atoms with van der Waals surface area (Å²) in [6.45, 7) is 16.6. The molecule has 0 unspecified atom stereocenters. The zero-order chi connectivity index (χ0) is 21.9. The summed E-state index contributed by atoms with van der Waals surface area (Å²) in [6.07, 6.45) is 2.33. The van der Waals surface area contributed by atoms with E-state index < -0.39 is 0 Å². The van der Waals surface area contributed by atoms with Crippen LogP contribution in [-0.4, -0.2) is 39.2 Å². The quantitative estimate of drug-likeness (QED) is 0.714. The number of aryl methyl sites for hydroxylation is 1. The summed E-state index contributed by atoms with van der Waals surface area (Å²) in [5.74, 6) is 0.680. The van der Waals surface area contributed by atoms with Gasteiger partial charge in [-0.3, -0.25) is 14.4 Å². The molecule has 0 saturated heterocycles. The number of nitrogens with zero attached hydrogens (tertiary/aromatic N) is 3. The summed E-state index contributed by atoms with van der Waals surface area (Å²) in [5.41, 5.74) is 6.26. The molecule has 1 aromatic heterocycles. The summed E-state index contributed by atoms with van der Waals surface area (Å²) < 4.78 is 2.09.